The van der Waals surface area contributed by atoms with Crippen molar-refractivity contribution in [1.29, 1.82) is 0 Å². The van der Waals surface area contributed by atoms with Gasteiger partial charge in [-0.3, -0.25) is 0 Å². The lowest BCUT2D eigenvalue weighted by Gasteiger charge is -2.10. The molecule has 0 saturated carbocycles. The average Bonchev–Trinajstić information content (AvgIpc) is 3.08. The van der Waals surface area contributed by atoms with Crippen LogP contribution in [0, 0.1) is 13.8 Å². The van der Waals surface area contributed by atoms with Crippen LogP contribution in [0.2, 0.25) is 0 Å². The molecule has 1 heterocycles. The highest BCUT2D eigenvalue weighted by atomic mass is 16.6. The molecule has 0 fully saturated rings. The van der Waals surface area contributed by atoms with E-state index < -0.39 is 5.97 Å². The molecule has 0 unspecified atom stereocenters. The zero-order valence-electron chi connectivity index (χ0n) is 16.4. The molecule has 4 rings (SSSR count). The topological polar surface area (TPSA) is 47.9 Å². The van der Waals surface area contributed by atoms with Gasteiger partial charge in [0.05, 0.1) is 0 Å². The van der Waals surface area contributed by atoms with Gasteiger partial charge in [-0.2, -0.15) is 0 Å². The van der Waals surface area contributed by atoms with E-state index in [0.717, 1.165) is 27.8 Å². The van der Waals surface area contributed by atoms with Gasteiger partial charge in [0.25, 0.3) is 0 Å². The van der Waals surface area contributed by atoms with Gasteiger partial charge in [-0.15, -0.1) is 0 Å². The molecule has 3 aromatic carbocycles. The summed E-state index contributed by atoms with van der Waals surface area (Å²) < 4.78 is 11.4. The zero-order valence-corrected chi connectivity index (χ0v) is 16.4. The van der Waals surface area contributed by atoms with E-state index in [1.54, 1.807) is 6.08 Å². The first-order valence-electron chi connectivity index (χ1n) is 9.46. The number of benzene rings is 3. The molecule has 0 saturated heterocycles. The van der Waals surface area contributed by atoms with E-state index >= 15 is 0 Å². The van der Waals surface area contributed by atoms with Crippen molar-refractivity contribution in [2.24, 2.45) is 4.99 Å². The van der Waals surface area contributed by atoms with E-state index in [4.69, 9.17) is 9.47 Å². The maximum atomic E-state index is 12.4. The summed E-state index contributed by atoms with van der Waals surface area (Å²) in [5.41, 5.74) is 5.02. The molecule has 0 spiro atoms. The van der Waals surface area contributed by atoms with Crippen LogP contribution in [0.4, 0.5) is 0 Å². The molecule has 1 aliphatic heterocycles. The van der Waals surface area contributed by atoms with Crippen LogP contribution in [-0.2, 0) is 16.1 Å². The summed E-state index contributed by atoms with van der Waals surface area (Å²) in [4.78, 5) is 16.8. The van der Waals surface area contributed by atoms with Gasteiger partial charge in [-0.25, -0.2) is 9.79 Å². The average molecular weight is 383 g/mol. The summed E-state index contributed by atoms with van der Waals surface area (Å²) in [6, 6.07) is 23.5. The Morgan fingerprint density at radius 2 is 1.72 bits per heavy atom. The lowest BCUT2D eigenvalue weighted by molar-refractivity contribution is -0.129. The predicted molar refractivity (Wildman–Crippen MR) is 114 cm³/mol. The van der Waals surface area contributed by atoms with Crippen LogP contribution in [-0.4, -0.2) is 11.9 Å². The monoisotopic (exact) mass is 383 g/mol. The second kappa shape index (κ2) is 8.15. The van der Waals surface area contributed by atoms with E-state index in [-0.39, 0.29) is 5.70 Å². The maximum Gasteiger partial charge on any atom is 0.363 e. The highest BCUT2D eigenvalue weighted by molar-refractivity contribution is 6.13. The molecule has 0 bridgehead atoms. The van der Waals surface area contributed by atoms with Crippen molar-refractivity contribution in [2.75, 3.05) is 0 Å². The zero-order chi connectivity index (χ0) is 20.2. The van der Waals surface area contributed by atoms with Gasteiger partial charge in [-0.1, -0.05) is 60.2 Å². The number of hydrogen-bond donors (Lipinski definition) is 0. The Balaban J connectivity index is 1.64. The Bertz CT molecular complexity index is 1110. The minimum atomic E-state index is -0.459. The van der Waals surface area contributed by atoms with Gasteiger partial charge in [0, 0.05) is 11.1 Å². The number of carbonyl (C=O) groups excluding carboxylic acids is 1. The summed E-state index contributed by atoms with van der Waals surface area (Å²) in [5, 5.41) is 0. The van der Waals surface area contributed by atoms with Crippen LogP contribution < -0.4 is 4.74 Å². The summed E-state index contributed by atoms with van der Waals surface area (Å²) in [5.74, 6) is 0.567. The molecule has 0 aromatic heterocycles. The van der Waals surface area contributed by atoms with Gasteiger partial charge in [0.1, 0.15) is 12.4 Å². The van der Waals surface area contributed by atoms with E-state index in [0.29, 0.717) is 18.3 Å². The van der Waals surface area contributed by atoms with Crippen molar-refractivity contribution in [3.8, 4) is 5.75 Å². The largest absolute Gasteiger partial charge is 0.488 e. The predicted octanol–water partition coefficient (Wildman–Crippen LogP) is 5.23. The number of aryl methyl sites for hydroxylation is 2. The Hall–Kier alpha value is -3.66. The third-order valence-corrected chi connectivity index (χ3v) is 4.69. The summed E-state index contributed by atoms with van der Waals surface area (Å²) >= 11 is 0. The van der Waals surface area contributed by atoms with E-state index in [1.807, 2.05) is 86.6 Å². The number of ether oxygens (including phenoxy) is 2. The molecule has 0 amide bonds. The highest BCUT2D eigenvalue weighted by Crippen LogP contribution is 2.27. The lowest BCUT2D eigenvalue weighted by Crippen LogP contribution is -2.06. The molecule has 0 radical (unpaired) electrons. The third kappa shape index (κ3) is 4.27. The number of cyclic esters (lactones) is 1. The fourth-order valence-corrected chi connectivity index (χ4v) is 3.13. The molecule has 3 aromatic rings. The van der Waals surface area contributed by atoms with E-state index in [1.165, 1.54) is 0 Å². The number of esters is 1. The highest BCUT2D eigenvalue weighted by Gasteiger charge is 2.25. The number of nitrogens with zero attached hydrogens (tertiary/aromatic N) is 1. The first-order chi connectivity index (χ1) is 14.1. The smallest absolute Gasteiger partial charge is 0.363 e. The molecule has 0 aliphatic carbocycles. The van der Waals surface area contributed by atoms with Crippen LogP contribution in [0.1, 0.15) is 27.8 Å². The summed E-state index contributed by atoms with van der Waals surface area (Å²) in [7, 11) is 0. The van der Waals surface area contributed by atoms with Crippen molar-refractivity contribution in [2.45, 2.75) is 20.5 Å². The minimum Gasteiger partial charge on any atom is -0.488 e. The van der Waals surface area contributed by atoms with Gasteiger partial charge < -0.3 is 9.47 Å². The van der Waals surface area contributed by atoms with Crippen LogP contribution in [0.15, 0.2) is 83.5 Å². The molecule has 0 atom stereocenters. The number of rotatable bonds is 5. The van der Waals surface area contributed by atoms with Gasteiger partial charge in [0.15, 0.2) is 5.70 Å². The molecule has 29 heavy (non-hydrogen) atoms. The van der Waals surface area contributed by atoms with Crippen LogP contribution in [0.25, 0.3) is 6.08 Å². The van der Waals surface area contributed by atoms with Gasteiger partial charge >= 0.3 is 5.97 Å². The Morgan fingerprint density at radius 3 is 2.52 bits per heavy atom. The molecule has 144 valence electrons. The van der Waals surface area contributed by atoms with Crippen LogP contribution >= 0.6 is 0 Å². The van der Waals surface area contributed by atoms with Crippen molar-refractivity contribution < 1.29 is 14.3 Å². The molecule has 4 heteroatoms. The summed E-state index contributed by atoms with van der Waals surface area (Å²) in [6.07, 6.45) is 1.72. The van der Waals surface area contributed by atoms with Crippen molar-refractivity contribution in [3.05, 3.63) is 106 Å². The Kier molecular flexibility index (Phi) is 5.25. The van der Waals surface area contributed by atoms with Gasteiger partial charge in [0.2, 0.25) is 5.90 Å². The SMILES string of the molecule is Cc1ccc(OCc2ccccc2)c(C=C2N=C(c3ccccc3C)OC2=O)c1. The molecule has 0 N–H and O–H groups in total. The first-order valence-corrected chi connectivity index (χ1v) is 9.46. The minimum absolute atomic E-state index is 0.262. The fraction of sp³-hybridized carbons (Fsp3) is 0.120. The molecule has 4 nitrogen and oxygen atoms in total. The quantitative estimate of drug-likeness (QED) is 0.448. The van der Waals surface area contributed by atoms with Crippen molar-refractivity contribution in [1.82, 2.24) is 0 Å². The Morgan fingerprint density at radius 1 is 0.966 bits per heavy atom. The van der Waals surface area contributed by atoms with Crippen molar-refractivity contribution >= 4 is 17.9 Å². The van der Waals surface area contributed by atoms with Crippen molar-refractivity contribution in [3.63, 3.8) is 0 Å². The second-order valence-electron chi connectivity index (χ2n) is 6.97. The van der Waals surface area contributed by atoms with E-state index in [2.05, 4.69) is 4.99 Å². The summed E-state index contributed by atoms with van der Waals surface area (Å²) in [6.45, 7) is 4.41. The maximum absolute atomic E-state index is 12.4. The number of carbonyl (C=O) groups is 1. The van der Waals surface area contributed by atoms with Crippen LogP contribution in [0.5, 0.6) is 5.75 Å². The standard InChI is InChI=1S/C25H21NO3/c1-17-12-13-23(28-16-19-9-4-3-5-10-19)20(14-17)15-22-25(27)29-24(26-22)21-11-7-6-8-18(21)2/h3-15H,16H2,1-2H3. The molecular formula is C25H21NO3. The van der Waals surface area contributed by atoms with Gasteiger partial charge in [-0.05, 0) is 49.2 Å². The first kappa shape index (κ1) is 18.7. The Labute approximate surface area is 170 Å². The fourth-order valence-electron chi connectivity index (χ4n) is 3.13. The second-order valence-corrected chi connectivity index (χ2v) is 6.97. The number of hydrogen-bond acceptors (Lipinski definition) is 4. The number of aliphatic imine (C=N–C) groups is 1. The van der Waals surface area contributed by atoms with E-state index in [9.17, 15) is 4.79 Å². The molecular weight excluding hydrogens is 362 g/mol. The third-order valence-electron chi connectivity index (χ3n) is 4.69. The lowest BCUT2D eigenvalue weighted by atomic mass is 10.1. The normalized spacial score (nSPS) is 14.6. The molecule has 1 aliphatic rings. The van der Waals surface area contributed by atoms with Crippen LogP contribution in [0.3, 0.4) is 0 Å².